The van der Waals surface area contributed by atoms with Crippen LogP contribution in [0.15, 0.2) is 0 Å². The average Bonchev–Trinajstić information content (AvgIpc) is 3.12. The van der Waals surface area contributed by atoms with Crippen molar-refractivity contribution in [2.24, 2.45) is 0 Å². The maximum Gasteiger partial charge on any atom is 0.306 e. The Balaban J connectivity index is 3.94. The Morgan fingerprint density at radius 3 is 1.29 bits per heavy atom. The number of aliphatic hydroxyl groups excluding tert-OH is 1. The van der Waals surface area contributed by atoms with Gasteiger partial charge in [-0.2, -0.15) is 0 Å². The lowest BCUT2D eigenvalue weighted by Gasteiger charge is -2.21. The highest BCUT2D eigenvalue weighted by Gasteiger charge is 2.14. The number of hydrogen-bond donors (Lipinski definition) is 1. The topological polar surface area (TPSA) is 76.1 Å². The van der Waals surface area contributed by atoms with Crippen molar-refractivity contribution < 1.29 is 24.2 Å². The third-order valence-corrected chi connectivity index (χ3v) is 10.4. The van der Waals surface area contributed by atoms with Gasteiger partial charge in [0.05, 0.1) is 13.2 Å². The standard InChI is InChI=1S/C45H89NO5/c1-4-7-10-13-16-17-18-19-25-33-42-50-44(48)36-30-26-32-39-46(40-41-47)38-31-24-20-23-29-37-45(49)51-43(34-27-21-14-11-8-5-2)35-28-22-15-12-9-6-3/h43,47H,4-42H2,1-3H3. The van der Waals surface area contributed by atoms with Crippen LogP contribution in [0.4, 0.5) is 0 Å². The fourth-order valence-corrected chi connectivity index (χ4v) is 7.05. The number of carbonyl (C=O) groups is 2. The largest absolute Gasteiger partial charge is 0.466 e. The molecule has 0 aromatic carbocycles. The van der Waals surface area contributed by atoms with Crippen LogP contribution in [0.5, 0.6) is 0 Å². The molecule has 51 heavy (non-hydrogen) atoms. The van der Waals surface area contributed by atoms with E-state index in [0.29, 0.717) is 26.0 Å². The number of hydrogen-bond acceptors (Lipinski definition) is 6. The lowest BCUT2D eigenvalue weighted by molar-refractivity contribution is -0.150. The molecule has 0 radical (unpaired) electrons. The lowest BCUT2D eigenvalue weighted by Crippen LogP contribution is -2.29. The summed E-state index contributed by atoms with van der Waals surface area (Å²) in [5.74, 6) is -0.0408. The first-order valence-electron chi connectivity index (χ1n) is 22.8. The summed E-state index contributed by atoms with van der Waals surface area (Å²) in [5.41, 5.74) is 0. The zero-order chi connectivity index (χ0) is 37.3. The molecule has 1 N–H and O–H groups in total. The van der Waals surface area contributed by atoms with Crippen molar-refractivity contribution in [3.63, 3.8) is 0 Å². The molecule has 0 rings (SSSR count). The molecule has 0 spiro atoms. The van der Waals surface area contributed by atoms with E-state index in [1.54, 1.807) is 0 Å². The Labute approximate surface area is 318 Å². The molecular weight excluding hydrogens is 634 g/mol. The van der Waals surface area contributed by atoms with Crippen LogP contribution in [0.25, 0.3) is 0 Å². The molecule has 0 heterocycles. The Morgan fingerprint density at radius 1 is 0.451 bits per heavy atom. The second kappa shape index (κ2) is 41.6. The van der Waals surface area contributed by atoms with Gasteiger partial charge < -0.3 is 19.5 Å². The minimum Gasteiger partial charge on any atom is -0.466 e. The first-order valence-corrected chi connectivity index (χ1v) is 22.8. The van der Waals surface area contributed by atoms with Crippen molar-refractivity contribution in [2.45, 2.75) is 245 Å². The van der Waals surface area contributed by atoms with Gasteiger partial charge in [0.15, 0.2) is 0 Å². The molecule has 0 unspecified atom stereocenters. The number of carbonyl (C=O) groups excluding carboxylic acids is 2. The van der Waals surface area contributed by atoms with Crippen LogP contribution in [0.2, 0.25) is 0 Å². The lowest BCUT2D eigenvalue weighted by atomic mass is 10.0. The summed E-state index contributed by atoms with van der Waals surface area (Å²) in [6.07, 6.45) is 39.8. The second-order valence-corrected chi connectivity index (χ2v) is 15.5. The summed E-state index contributed by atoms with van der Waals surface area (Å²) in [6, 6.07) is 0. The summed E-state index contributed by atoms with van der Waals surface area (Å²) in [4.78, 5) is 27.1. The molecule has 0 aromatic heterocycles. The van der Waals surface area contributed by atoms with Gasteiger partial charge in [0.2, 0.25) is 0 Å². The van der Waals surface area contributed by atoms with Gasteiger partial charge in [-0.3, -0.25) is 9.59 Å². The minimum atomic E-state index is -0.0486. The van der Waals surface area contributed by atoms with Crippen LogP contribution < -0.4 is 0 Å². The molecule has 0 saturated heterocycles. The molecule has 0 aliphatic carbocycles. The summed E-state index contributed by atoms with van der Waals surface area (Å²) in [6.45, 7) is 10.2. The molecule has 6 heteroatoms. The maximum atomic E-state index is 12.7. The molecule has 0 aliphatic heterocycles. The highest BCUT2D eigenvalue weighted by atomic mass is 16.5. The highest BCUT2D eigenvalue weighted by Crippen LogP contribution is 2.18. The highest BCUT2D eigenvalue weighted by molar-refractivity contribution is 5.69. The number of rotatable bonds is 42. The summed E-state index contributed by atoms with van der Waals surface area (Å²) < 4.78 is 11.5. The second-order valence-electron chi connectivity index (χ2n) is 15.5. The van der Waals surface area contributed by atoms with Crippen LogP contribution >= 0.6 is 0 Å². The van der Waals surface area contributed by atoms with E-state index in [2.05, 4.69) is 25.7 Å². The quantitative estimate of drug-likeness (QED) is 0.0499. The van der Waals surface area contributed by atoms with Crippen LogP contribution in [0.3, 0.4) is 0 Å². The molecule has 0 atom stereocenters. The SMILES string of the molecule is CCCCCCCCCCCCOC(=O)CCCCCN(CCO)CCCCCCCC(=O)OC(CCCCCCCC)CCCCCCCC. The molecule has 6 nitrogen and oxygen atoms in total. The minimum absolute atomic E-state index is 0.00781. The zero-order valence-electron chi connectivity index (χ0n) is 34.7. The van der Waals surface area contributed by atoms with Crippen molar-refractivity contribution in [3.8, 4) is 0 Å². The van der Waals surface area contributed by atoms with Gasteiger partial charge in [0.1, 0.15) is 6.10 Å². The predicted octanol–water partition coefficient (Wildman–Crippen LogP) is 13.1. The number of unbranched alkanes of at least 4 members (excludes halogenated alkanes) is 25. The smallest absolute Gasteiger partial charge is 0.306 e. The van der Waals surface area contributed by atoms with Crippen LogP contribution in [-0.4, -0.2) is 60.9 Å². The zero-order valence-corrected chi connectivity index (χ0v) is 34.7. The summed E-state index contributed by atoms with van der Waals surface area (Å²) >= 11 is 0. The normalized spacial score (nSPS) is 11.6. The average molecular weight is 724 g/mol. The van der Waals surface area contributed by atoms with Gasteiger partial charge in [-0.05, 0) is 70.9 Å². The van der Waals surface area contributed by atoms with Crippen molar-refractivity contribution in [3.05, 3.63) is 0 Å². The van der Waals surface area contributed by atoms with E-state index >= 15 is 0 Å². The number of nitrogens with zero attached hydrogens (tertiary/aromatic N) is 1. The number of aliphatic hydroxyl groups is 1. The molecule has 0 fully saturated rings. The monoisotopic (exact) mass is 724 g/mol. The molecule has 0 saturated carbocycles. The van der Waals surface area contributed by atoms with Crippen LogP contribution in [0.1, 0.15) is 239 Å². The predicted molar refractivity (Wildman–Crippen MR) is 218 cm³/mol. The van der Waals surface area contributed by atoms with E-state index in [0.717, 1.165) is 90.1 Å². The Hall–Kier alpha value is -1.14. The van der Waals surface area contributed by atoms with E-state index in [1.807, 2.05) is 0 Å². The maximum absolute atomic E-state index is 12.7. The van der Waals surface area contributed by atoms with E-state index in [9.17, 15) is 14.7 Å². The Kier molecular flexibility index (Phi) is 40.7. The number of ether oxygens (including phenoxy) is 2. The first-order chi connectivity index (χ1) is 25.1. The van der Waals surface area contributed by atoms with Crippen molar-refractivity contribution >= 4 is 11.9 Å². The third kappa shape index (κ3) is 38.4. The van der Waals surface area contributed by atoms with E-state index in [4.69, 9.17) is 9.47 Å². The summed E-state index contributed by atoms with van der Waals surface area (Å²) in [5, 5.41) is 9.54. The van der Waals surface area contributed by atoms with E-state index in [-0.39, 0.29) is 24.6 Å². The molecule has 0 amide bonds. The molecule has 0 bridgehead atoms. The number of esters is 2. The van der Waals surface area contributed by atoms with Crippen LogP contribution in [-0.2, 0) is 19.1 Å². The molecule has 0 aliphatic rings. The van der Waals surface area contributed by atoms with E-state index in [1.165, 1.54) is 128 Å². The van der Waals surface area contributed by atoms with Crippen molar-refractivity contribution in [1.82, 2.24) is 4.90 Å². The fourth-order valence-electron chi connectivity index (χ4n) is 7.05. The molecule has 0 aromatic rings. The Bertz CT molecular complexity index is 701. The molecule has 304 valence electrons. The summed E-state index contributed by atoms with van der Waals surface area (Å²) in [7, 11) is 0. The van der Waals surface area contributed by atoms with Crippen molar-refractivity contribution in [1.29, 1.82) is 0 Å². The first kappa shape index (κ1) is 49.9. The van der Waals surface area contributed by atoms with Crippen molar-refractivity contribution in [2.75, 3.05) is 32.8 Å². The van der Waals surface area contributed by atoms with E-state index < -0.39 is 0 Å². The van der Waals surface area contributed by atoms with Gasteiger partial charge >= 0.3 is 11.9 Å². The third-order valence-electron chi connectivity index (χ3n) is 10.4. The van der Waals surface area contributed by atoms with Gasteiger partial charge in [-0.25, -0.2) is 0 Å². The van der Waals surface area contributed by atoms with Gasteiger partial charge in [-0.1, -0.05) is 168 Å². The fraction of sp³-hybridized carbons (Fsp3) is 0.956. The Morgan fingerprint density at radius 2 is 0.824 bits per heavy atom. The van der Waals surface area contributed by atoms with Gasteiger partial charge in [-0.15, -0.1) is 0 Å². The van der Waals surface area contributed by atoms with Gasteiger partial charge in [0.25, 0.3) is 0 Å². The van der Waals surface area contributed by atoms with Gasteiger partial charge in [0, 0.05) is 19.4 Å². The van der Waals surface area contributed by atoms with Crippen LogP contribution in [0, 0.1) is 0 Å². The molecular formula is C45H89NO5.